The van der Waals surface area contributed by atoms with Gasteiger partial charge < -0.3 is 31.0 Å². The largest absolute Gasteiger partial charge is 0.486 e. The second-order valence-corrected chi connectivity index (χ2v) is 8.89. The van der Waals surface area contributed by atoms with Crippen molar-refractivity contribution in [2.24, 2.45) is 5.73 Å². The van der Waals surface area contributed by atoms with Crippen LogP contribution in [0, 0.1) is 5.82 Å². The highest BCUT2D eigenvalue weighted by Gasteiger charge is 2.37. The van der Waals surface area contributed by atoms with Gasteiger partial charge in [0.2, 0.25) is 5.91 Å². The van der Waals surface area contributed by atoms with E-state index in [2.05, 4.69) is 9.69 Å². The number of amides is 3. The van der Waals surface area contributed by atoms with Crippen LogP contribution in [0.4, 0.5) is 15.8 Å². The van der Waals surface area contributed by atoms with Crippen LogP contribution in [0.2, 0.25) is 0 Å². The van der Waals surface area contributed by atoms with Gasteiger partial charge in [0, 0.05) is 11.8 Å². The summed E-state index contributed by atoms with van der Waals surface area (Å²) in [5.74, 6) is -3.05. The molecule has 4 rings (SSSR count). The molecule has 1 aromatic heterocycles. The van der Waals surface area contributed by atoms with Crippen LogP contribution >= 0.6 is 11.5 Å². The van der Waals surface area contributed by atoms with E-state index in [4.69, 9.17) is 25.7 Å². The van der Waals surface area contributed by atoms with Gasteiger partial charge in [0.25, 0.3) is 11.8 Å². The number of anilines is 2. The molecule has 0 radical (unpaired) electrons. The number of nitrogens with one attached hydrogen (secondary N) is 1. The molecule has 1 aliphatic rings. The summed E-state index contributed by atoms with van der Waals surface area (Å²) in [4.78, 5) is 52.3. The van der Waals surface area contributed by atoms with Gasteiger partial charge in [0.1, 0.15) is 36.5 Å². The highest BCUT2D eigenvalue weighted by Crippen LogP contribution is 2.39. The van der Waals surface area contributed by atoms with Crippen LogP contribution in [0.3, 0.4) is 0 Å². The minimum atomic E-state index is -1.44. The zero-order valence-electron chi connectivity index (χ0n) is 20.6. The van der Waals surface area contributed by atoms with E-state index in [1.165, 1.54) is 24.3 Å². The van der Waals surface area contributed by atoms with Gasteiger partial charge in [-0.3, -0.25) is 24.1 Å². The molecule has 2 aromatic carbocycles. The van der Waals surface area contributed by atoms with Crippen molar-refractivity contribution >= 4 is 46.6 Å². The number of benzene rings is 2. The lowest BCUT2D eigenvalue weighted by Gasteiger charge is -2.32. The molecule has 0 saturated carbocycles. The molecule has 3 aromatic rings. The van der Waals surface area contributed by atoms with Crippen molar-refractivity contribution in [1.29, 1.82) is 0 Å². The van der Waals surface area contributed by atoms with E-state index in [9.17, 15) is 23.6 Å². The first-order chi connectivity index (χ1) is 18.7. The summed E-state index contributed by atoms with van der Waals surface area (Å²) in [6, 6.07) is 8.04. The number of carbonyl (C=O) groups is 4. The number of primary amides is 1. The molecule has 0 aliphatic carbocycles. The number of esters is 1. The number of hydrogen-bond acceptors (Lipinski definition) is 10. The van der Waals surface area contributed by atoms with Gasteiger partial charge in [-0.25, -0.2) is 4.39 Å². The molecular weight excluding hydrogens is 533 g/mol. The van der Waals surface area contributed by atoms with Gasteiger partial charge >= 0.3 is 5.97 Å². The lowest BCUT2D eigenvalue weighted by Crippen LogP contribution is -2.45. The summed E-state index contributed by atoms with van der Waals surface area (Å²) in [5, 5.41) is 2.46. The maximum atomic E-state index is 14.0. The molecule has 1 aliphatic heterocycles. The second-order valence-electron chi connectivity index (χ2n) is 8.12. The molecule has 5 N–H and O–H groups in total. The fourth-order valence-electron chi connectivity index (χ4n) is 3.83. The van der Waals surface area contributed by atoms with Crippen LogP contribution in [0.25, 0.3) is 0 Å². The Morgan fingerprint density at radius 1 is 1.13 bits per heavy atom. The summed E-state index contributed by atoms with van der Waals surface area (Å²) < 4.78 is 33.8. The van der Waals surface area contributed by atoms with Crippen molar-refractivity contribution in [3.05, 3.63) is 64.4 Å². The van der Waals surface area contributed by atoms with E-state index >= 15 is 0 Å². The van der Waals surface area contributed by atoms with Gasteiger partial charge in [0.15, 0.2) is 17.2 Å². The molecule has 0 unspecified atom stereocenters. The number of nitrogens with zero attached hydrogens (tertiary/aromatic N) is 2. The molecular formula is C25H24FN5O7S. The normalized spacial score (nSPS) is 12.8. The number of hydrogen-bond donors (Lipinski definition) is 3. The Bertz CT molecular complexity index is 1410. The Morgan fingerprint density at radius 2 is 1.82 bits per heavy atom. The van der Waals surface area contributed by atoms with E-state index in [0.717, 1.165) is 17.0 Å². The number of rotatable bonds is 9. The Labute approximate surface area is 225 Å². The zero-order valence-corrected chi connectivity index (χ0v) is 21.5. The third kappa shape index (κ3) is 5.90. The standard InChI is InChI=1S/C25H24FN5O7S/c1-2-36-18(32)12-29-24(34)21(13-3-5-14(26)6-4-13)31(15-7-8-16-17(11-15)38-10-9-37-16)25(35)22-19(27)20(23(28)33)30-39-22/h3-8,11,21H,2,9-10,12,27H2,1H3,(H2,28,33)(H,29,34)/t21-/m1/s1. The van der Waals surface area contributed by atoms with Gasteiger partial charge in [-0.15, -0.1) is 0 Å². The van der Waals surface area contributed by atoms with E-state index in [0.29, 0.717) is 29.6 Å². The number of fused-ring (bicyclic) bond motifs is 1. The lowest BCUT2D eigenvalue weighted by atomic mass is 10.0. The third-order valence-corrected chi connectivity index (χ3v) is 6.43. The Kier molecular flexibility index (Phi) is 8.24. The molecule has 0 saturated heterocycles. The first kappa shape index (κ1) is 27.3. The Balaban J connectivity index is 1.85. The van der Waals surface area contributed by atoms with Gasteiger partial charge in [0.05, 0.1) is 12.3 Å². The zero-order chi connectivity index (χ0) is 28.1. The van der Waals surface area contributed by atoms with E-state index in [1.54, 1.807) is 13.0 Å². The molecule has 2 heterocycles. The van der Waals surface area contributed by atoms with Crippen molar-refractivity contribution in [3.8, 4) is 11.5 Å². The van der Waals surface area contributed by atoms with Crippen LogP contribution < -0.4 is 31.2 Å². The van der Waals surface area contributed by atoms with Crippen LogP contribution in [0.15, 0.2) is 42.5 Å². The van der Waals surface area contributed by atoms with E-state index in [1.807, 2.05) is 0 Å². The average Bonchev–Trinajstić information content (AvgIpc) is 3.32. The second kappa shape index (κ2) is 11.8. The Hall–Kier alpha value is -4.72. The fraction of sp³-hybridized carbons (Fsp3) is 0.240. The third-order valence-electron chi connectivity index (χ3n) is 5.58. The van der Waals surface area contributed by atoms with Crippen molar-refractivity contribution in [3.63, 3.8) is 0 Å². The quantitative estimate of drug-likeness (QED) is 0.331. The summed E-state index contributed by atoms with van der Waals surface area (Å²) in [7, 11) is 0. The topological polar surface area (TPSA) is 176 Å². The maximum absolute atomic E-state index is 14.0. The monoisotopic (exact) mass is 557 g/mol. The predicted molar refractivity (Wildman–Crippen MR) is 138 cm³/mol. The fourth-order valence-corrected chi connectivity index (χ4v) is 4.58. The molecule has 0 spiro atoms. The van der Waals surface area contributed by atoms with Gasteiger partial charge in [-0.2, -0.15) is 4.37 Å². The first-order valence-electron chi connectivity index (χ1n) is 11.7. The van der Waals surface area contributed by atoms with Crippen molar-refractivity contribution in [2.45, 2.75) is 13.0 Å². The molecule has 204 valence electrons. The molecule has 39 heavy (non-hydrogen) atoms. The van der Waals surface area contributed by atoms with E-state index < -0.39 is 42.1 Å². The summed E-state index contributed by atoms with van der Waals surface area (Å²) in [5.41, 5.74) is 11.2. The number of aromatic nitrogens is 1. The van der Waals surface area contributed by atoms with Crippen LogP contribution in [-0.2, 0) is 14.3 Å². The number of halogens is 1. The molecule has 12 nitrogen and oxygen atoms in total. The summed E-state index contributed by atoms with van der Waals surface area (Å²) in [6.45, 7) is 1.82. The van der Waals surface area contributed by atoms with Crippen LogP contribution in [0.1, 0.15) is 38.7 Å². The van der Waals surface area contributed by atoms with Crippen molar-refractivity contribution in [2.75, 3.05) is 37.0 Å². The predicted octanol–water partition coefficient (Wildman–Crippen LogP) is 1.80. The van der Waals surface area contributed by atoms with E-state index in [-0.39, 0.29) is 40.7 Å². The molecule has 1 atom stereocenters. The van der Waals surface area contributed by atoms with Crippen molar-refractivity contribution in [1.82, 2.24) is 9.69 Å². The van der Waals surface area contributed by atoms with Crippen molar-refractivity contribution < 1.29 is 37.8 Å². The highest BCUT2D eigenvalue weighted by molar-refractivity contribution is 7.09. The smallest absolute Gasteiger partial charge is 0.325 e. The lowest BCUT2D eigenvalue weighted by molar-refractivity contribution is -0.143. The van der Waals surface area contributed by atoms with Gasteiger partial charge in [-0.05, 0) is 48.3 Å². The maximum Gasteiger partial charge on any atom is 0.325 e. The average molecular weight is 558 g/mol. The summed E-state index contributed by atoms with van der Waals surface area (Å²) in [6.07, 6.45) is 0. The minimum Gasteiger partial charge on any atom is -0.486 e. The molecule has 14 heteroatoms. The molecule has 0 fully saturated rings. The van der Waals surface area contributed by atoms with Crippen LogP contribution in [-0.4, -0.2) is 54.4 Å². The molecule has 0 bridgehead atoms. The number of nitrogens with two attached hydrogens (primary N) is 2. The number of ether oxygens (including phenoxy) is 3. The minimum absolute atomic E-state index is 0.102. The summed E-state index contributed by atoms with van der Waals surface area (Å²) >= 11 is 0.627. The van der Waals surface area contributed by atoms with Gasteiger partial charge in [-0.1, -0.05) is 12.1 Å². The SMILES string of the molecule is CCOC(=O)CNC(=O)[C@@H](c1ccc(F)cc1)N(C(=O)c1snc(C(N)=O)c1N)c1ccc2c(c1)OCCO2. The Morgan fingerprint density at radius 3 is 2.46 bits per heavy atom. The first-order valence-corrected chi connectivity index (χ1v) is 12.5. The highest BCUT2D eigenvalue weighted by atomic mass is 32.1. The number of carbonyl (C=O) groups excluding carboxylic acids is 4. The van der Waals surface area contributed by atoms with Crippen LogP contribution in [0.5, 0.6) is 11.5 Å². The molecule has 3 amide bonds. The number of nitrogen functional groups attached to an aromatic ring is 1.